The third-order valence-electron chi connectivity index (χ3n) is 4.66. The lowest BCUT2D eigenvalue weighted by Crippen LogP contribution is -2.18. The van der Waals surface area contributed by atoms with E-state index in [4.69, 9.17) is 0 Å². The van der Waals surface area contributed by atoms with Crippen molar-refractivity contribution in [3.8, 4) is 0 Å². The van der Waals surface area contributed by atoms with Crippen LogP contribution in [0.3, 0.4) is 0 Å². The van der Waals surface area contributed by atoms with Crippen molar-refractivity contribution in [3.63, 3.8) is 0 Å². The average molecular weight is 395 g/mol. The van der Waals surface area contributed by atoms with Crippen LogP contribution in [0.25, 0.3) is 0 Å². The molecule has 0 spiro atoms. The Hall–Kier alpha value is -3.55. The molecule has 0 unspecified atom stereocenters. The number of halogens is 2. The van der Waals surface area contributed by atoms with Gasteiger partial charge in [-0.05, 0) is 55.3 Å². The van der Waals surface area contributed by atoms with Crippen molar-refractivity contribution in [2.45, 2.75) is 12.8 Å². The first kappa shape index (κ1) is 18.8. The number of rotatable bonds is 5. The second kappa shape index (κ2) is 8.22. The number of aromatic nitrogens is 2. The van der Waals surface area contributed by atoms with Crippen LogP contribution in [0.2, 0.25) is 0 Å². The zero-order valence-corrected chi connectivity index (χ0v) is 15.5. The van der Waals surface area contributed by atoms with Gasteiger partial charge in [0.25, 0.3) is 5.91 Å². The highest BCUT2D eigenvalue weighted by molar-refractivity contribution is 6.03. The predicted molar refractivity (Wildman–Crippen MR) is 108 cm³/mol. The first-order valence-corrected chi connectivity index (χ1v) is 9.30. The van der Waals surface area contributed by atoms with Gasteiger partial charge in [-0.3, -0.25) is 4.79 Å². The van der Waals surface area contributed by atoms with Gasteiger partial charge in [0.05, 0.1) is 5.69 Å². The molecule has 2 N–H and O–H groups in total. The van der Waals surface area contributed by atoms with E-state index in [1.54, 1.807) is 0 Å². The Morgan fingerprint density at radius 1 is 1.00 bits per heavy atom. The van der Waals surface area contributed by atoms with Gasteiger partial charge < -0.3 is 15.5 Å². The Kier molecular flexibility index (Phi) is 5.33. The van der Waals surface area contributed by atoms with E-state index in [1.165, 1.54) is 31.2 Å². The number of carbonyl (C=O) groups excluding carboxylic acids is 1. The molecule has 4 rings (SSSR count). The number of benzene rings is 2. The van der Waals surface area contributed by atoms with E-state index in [2.05, 4.69) is 25.5 Å². The van der Waals surface area contributed by atoms with Crippen LogP contribution in [-0.2, 0) is 0 Å². The lowest BCUT2D eigenvalue weighted by molar-refractivity contribution is 0.102. The Balaban J connectivity index is 1.44. The zero-order chi connectivity index (χ0) is 20.2. The molecular formula is C21H19F2N5O. The molecule has 1 amide bonds. The van der Waals surface area contributed by atoms with Crippen LogP contribution < -0.4 is 15.5 Å². The molecule has 1 aliphatic heterocycles. The van der Waals surface area contributed by atoms with Gasteiger partial charge in [0, 0.05) is 36.7 Å². The summed E-state index contributed by atoms with van der Waals surface area (Å²) in [5.74, 6) is -1.84. The van der Waals surface area contributed by atoms with Crippen molar-refractivity contribution >= 4 is 28.9 Å². The van der Waals surface area contributed by atoms with Gasteiger partial charge in [0.2, 0.25) is 5.95 Å². The smallest absolute Gasteiger partial charge is 0.274 e. The fraction of sp³-hybridized carbons (Fsp3) is 0.190. The number of nitrogens with zero attached hydrogens (tertiary/aromatic N) is 3. The van der Waals surface area contributed by atoms with Crippen LogP contribution >= 0.6 is 0 Å². The predicted octanol–water partition coefficient (Wildman–Crippen LogP) is 4.35. The van der Waals surface area contributed by atoms with Crippen molar-refractivity contribution in [1.29, 1.82) is 0 Å². The monoisotopic (exact) mass is 395 g/mol. The minimum atomic E-state index is -0.776. The van der Waals surface area contributed by atoms with Crippen LogP contribution in [0, 0.1) is 11.6 Å². The molecule has 1 fully saturated rings. The van der Waals surface area contributed by atoms with E-state index in [0.29, 0.717) is 5.69 Å². The van der Waals surface area contributed by atoms with E-state index >= 15 is 0 Å². The van der Waals surface area contributed by atoms with Gasteiger partial charge >= 0.3 is 0 Å². The zero-order valence-electron chi connectivity index (χ0n) is 15.5. The number of hydrogen-bond donors (Lipinski definition) is 2. The Morgan fingerprint density at radius 2 is 1.76 bits per heavy atom. The van der Waals surface area contributed by atoms with Gasteiger partial charge in [-0.25, -0.2) is 18.7 Å². The van der Waals surface area contributed by atoms with E-state index < -0.39 is 17.5 Å². The molecule has 148 valence electrons. The quantitative estimate of drug-likeness (QED) is 0.672. The molecule has 0 bridgehead atoms. The molecule has 29 heavy (non-hydrogen) atoms. The molecule has 2 aromatic carbocycles. The summed E-state index contributed by atoms with van der Waals surface area (Å²) >= 11 is 0. The third-order valence-corrected chi connectivity index (χ3v) is 4.66. The summed E-state index contributed by atoms with van der Waals surface area (Å²) in [5.41, 5.74) is 1.92. The summed E-state index contributed by atoms with van der Waals surface area (Å²) in [6.45, 7) is 2.11. The minimum Gasteiger partial charge on any atom is -0.372 e. The number of anilines is 4. The van der Waals surface area contributed by atoms with Gasteiger partial charge in [-0.1, -0.05) is 0 Å². The number of nitrogens with one attached hydrogen (secondary N) is 2. The molecule has 6 nitrogen and oxygen atoms in total. The lowest BCUT2D eigenvalue weighted by atomic mass is 10.2. The summed E-state index contributed by atoms with van der Waals surface area (Å²) in [6.07, 6.45) is 3.79. The van der Waals surface area contributed by atoms with E-state index in [1.807, 2.05) is 24.3 Å². The van der Waals surface area contributed by atoms with Crippen LogP contribution in [0.5, 0.6) is 0 Å². The third kappa shape index (κ3) is 4.48. The summed E-state index contributed by atoms with van der Waals surface area (Å²) in [4.78, 5) is 22.9. The highest BCUT2D eigenvalue weighted by atomic mass is 19.1. The van der Waals surface area contributed by atoms with Crippen LogP contribution in [0.15, 0.2) is 54.7 Å². The average Bonchev–Trinajstić information content (AvgIpc) is 3.26. The van der Waals surface area contributed by atoms with Crippen molar-refractivity contribution in [3.05, 3.63) is 72.1 Å². The molecule has 1 aliphatic rings. The second-order valence-electron chi connectivity index (χ2n) is 6.71. The van der Waals surface area contributed by atoms with E-state index in [-0.39, 0.29) is 17.3 Å². The van der Waals surface area contributed by atoms with Crippen molar-refractivity contribution in [1.82, 2.24) is 9.97 Å². The Bertz CT molecular complexity index is 1020. The molecule has 2 heterocycles. The first-order chi connectivity index (χ1) is 14.1. The van der Waals surface area contributed by atoms with Crippen LogP contribution in [0.1, 0.15) is 23.3 Å². The normalized spacial score (nSPS) is 13.4. The lowest BCUT2D eigenvalue weighted by Gasteiger charge is -2.17. The van der Waals surface area contributed by atoms with Crippen molar-refractivity contribution in [2.24, 2.45) is 0 Å². The van der Waals surface area contributed by atoms with Crippen LogP contribution in [-0.4, -0.2) is 29.0 Å². The molecule has 1 aromatic heterocycles. The fourth-order valence-electron chi connectivity index (χ4n) is 3.18. The van der Waals surface area contributed by atoms with Gasteiger partial charge in [-0.15, -0.1) is 0 Å². The first-order valence-electron chi connectivity index (χ1n) is 9.30. The Labute approximate surface area is 166 Å². The summed E-state index contributed by atoms with van der Waals surface area (Å²) in [7, 11) is 0. The molecule has 0 saturated carbocycles. The summed E-state index contributed by atoms with van der Waals surface area (Å²) in [6, 6.07) is 12.2. The fourth-order valence-corrected chi connectivity index (χ4v) is 3.18. The van der Waals surface area contributed by atoms with Gasteiger partial charge in [0.15, 0.2) is 0 Å². The molecule has 8 heteroatoms. The maximum absolute atomic E-state index is 13.8. The summed E-state index contributed by atoms with van der Waals surface area (Å²) in [5, 5.41) is 5.43. The molecule has 0 aliphatic carbocycles. The highest BCUT2D eigenvalue weighted by Gasteiger charge is 2.14. The van der Waals surface area contributed by atoms with E-state index in [0.717, 1.165) is 30.9 Å². The molecule has 1 saturated heterocycles. The number of carbonyl (C=O) groups is 1. The van der Waals surface area contributed by atoms with Gasteiger partial charge in [0.1, 0.15) is 17.3 Å². The second-order valence-corrected chi connectivity index (χ2v) is 6.71. The standard InChI is InChI=1S/C21H19F2N5O/c22-14-3-8-18(17(23)13-14)26-21-24-10-9-19(27-21)20(29)25-15-4-6-16(7-5-15)28-11-1-2-12-28/h3-10,13H,1-2,11-12H2,(H,25,29)(H,24,26,27). The maximum atomic E-state index is 13.8. The maximum Gasteiger partial charge on any atom is 0.274 e. The van der Waals surface area contributed by atoms with Crippen LogP contribution in [0.4, 0.5) is 31.8 Å². The Morgan fingerprint density at radius 3 is 2.48 bits per heavy atom. The van der Waals surface area contributed by atoms with E-state index in [9.17, 15) is 13.6 Å². The number of hydrogen-bond acceptors (Lipinski definition) is 5. The largest absolute Gasteiger partial charge is 0.372 e. The minimum absolute atomic E-state index is 0.0152. The van der Waals surface area contributed by atoms with Gasteiger partial charge in [-0.2, -0.15) is 0 Å². The number of amides is 1. The SMILES string of the molecule is O=C(Nc1ccc(N2CCCC2)cc1)c1ccnc(Nc2ccc(F)cc2F)n1. The van der Waals surface area contributed by atoms with Crippen molar-refractivity contribution < 1.29 is 13.6 Å². The molecule has 0 atom stereocenters. The molecule has 3 aromatic rings. The van der Waals surface area contributed by atoms with Crippen molar-refractivity contribution in [2.75, 3.05) is 28.6 Å². The molecule has 0 radical (unpaired) electrons. The summed E-state index contributed by atoms with van der Waals surface area (Å²) < 4.78 is 26.8. The molecular weight excluding hydrogens is 376 g/mol. The topological polar surface area (TPSA) is 70.2 Å². The highest BCUT2D eigenvalue weighted by Crippen LogP contribution is 2.22.